The first-order chi connectivity index (χ1) is 11.1. The summed E-state index contributed by atoms with van der Waals surface area (Å²) >= 11 is 0. The Kier molecular flexibility index (Phi) is 6.78. The molecular weight excluding hydrogens is 288 g/mol. The van der Waals surface area contributed by atoms with Crippen molar-refractivity contribution >= 4 is 17.4 Å². The lowest BCUT2D eigenvalue weighted by molar-refractivity contribution is -0.707. The molecule has 3 N–H and O–H groups in total. The normalized spacial score (nSPS) is 17.8. The van der Waals surface area contributed by atoms with Gasteiger partial charge in [0.1, 0.15) is 0 Å². The van der Waals surface area contributed by atoms with Gasteiger partial charge in [0.2, 0.25) is 0 Å². The summed E-state index contributed by atoms with van der Waals surface area (Å²) in [6, 6.07) is 7.60. The summed E-state index contributed by atoms with van der Waals surface area (Å²) in [4.78, 5) is 24.1. The highest BCUT2D eigenvalue weighted by Crippen LogP contribution is 2.16. The van der Waals surface area contributed by atoms with Crippen LogP contribution in [0.4, 0.5) is 5.69 Å². The smallest absolute Gasteiger partial charge is 0.282 e. The van der Waals surface area contributed by atoms with Crippen LogP contribution in [0.5, 0.6) is 0 Å². The van der Waals surface area contributed by atoms with Gasteiger partial charge in [0.15, 0.2) is 11.8 Å². The standard InChI is InChI=1S/C19H28N2O2/c1-14(20-16-10-6-4-3-5-7-11-16)19(23)21-18-13-9-8-12-17(18)15(2)22/h8-9,12-14,16,20H,3-7,10-11H2,1-2H3,(H,21,23)/p+1/t14-/m0/s1. The maximum atomic E-state index is 12.5. The fourth-order valence-corrected chi connectivity index (χ4v) is 3.32. The average Bonchev–Trinajstić information content (AvgIpc) is 2.50. The minimum Gasteiger partial charge on any atom is -0.334 e. The highest BCUT2D eigenvalue weighted by atomic mass is 16.2. The summed E-state index contributed by atoms with van der Waals surface area (Å²) < 4.78 is 0. The lowest BCUT2D eigenvalue weighted by Gasteiger charge is -2.22. The predicted molar refractivity (Wildman–Crippen MR) is 92.6 cm³/mol. The van der Waals surface area contributed by atoms with Crippen LogP contribution in [0.25, 0.3) is 0 Å². The number of benzene rings is 1. The lowest BCUT2D eigenvalue weighted by Crippen LogP contribution is -2.96. The van der Waals surface area contributed by atoms with Crippen molar-refractivity contribution in [3.05, 3.63) is 29.8 Å². The van der Waals surface area contributed by atoms with Crippen LogP contribution in [0.2, 0.25) is 0 Å². The number of carbonyl (C=O) groups excluding carboxylic acids is 2. The zero-order valence-corrected chi connectivity index (χ0v) is 14.3. The molecule has 4 heteroatoms. The van der Waals surface area contributed by atoms with Gasteiger partial charge in [-0.25, -0.2) is 0 Å². The number of nitrogens with two attached hydrogens (primary N) is 1. The summed E-state index contributed by atoms with van der Waals surface area (Å²) in [7, 11) is 0. The number of Topliss-reactive ketones (excluding diaryl/α,β-unsaturated/α-hetero) is 1. The molecule has 1 aromatic carbocycles. The van der Waals surface area contributed by atoms with E-state index in [1.54, 1.807) is 12.1 Å². The molecule has 0 saturated heterocycles. The molecule has 0 radical (unpaired) electrons. The summed E-state index contributed by atoms with van der Waals surface area (Å²) in [5.74, 6) is -0.0571. The molecule has 0 bridgehead atoms. The third-order valence-electron chi connectivity index (χ3n) is 4.69. The van der Waals surface area contributed by atoms with Crippen molar-refractivity contribution in [3.63, 3.8) is 0 Å². The SMILES string of the molecule is CC(=O)c1ccccc1NC(=O)[C@H](C)[NH2+]C1CCCCCCC1. The van der Waals surface area contributed by atoms with Crippen molar-refractivity contribution in [2.45, 2.75) is 70.9 Å². The Balaban J connectivity index is 1.93. The Morgan fingerprint density at radius 2 is 1.70 bits per heavy atom. The van der Waals surface area contributed by atoms with Crippen LogP contribution in [-0.2, 0) is 4.79 Å². The number of hydrogen-bond donors (Lipinski definition) is 2. The van der Waals surface area contributed by atoms with Crippen molar-refractivity contribution in [1.29, 1.82) is 0 Å². The fourth-order valence-electron chi connectivity index (χ4n) is 3.32. The highest BCUT2D eigenvalue weighted by Gasteiger charge is 2.23. The fraction of sp³-hybridized carbons (Fsp3) is 0.579. The van der Waals surface area contributed by atoms with E-state index in [1.165, 1.54) is 51.9 Å². The van der Waals surface area contributed by atoms with Crippen LogP contribution in [0.3, 0.4) is 0 Å². The average molecular weight is 317 g/mol. The first-order valence-electron chi connectivity index (χ1n) is 8.83. The van der Waals surface area contributed by atoms with Gasteiger partial charge in [0, 0.05) is 5.56 Å². The first kappa shape index (κ1) is 17.7. The van der Waals surface area contributed by atoms with Gasteiger partial charge in [-0.05, 0) is 51.7 Å². The molecule has 1 aromatic rings. The molecule has 1 aliphatic carbocycles. The predicted octanol–water partition coefficient (Wildman–Crippen LogP) is 2.89. The van der Waals surface area contributed by atoms with E-state index in [0.29, 0.717) is 17.3 Å². The largest absolute Gasteiger partial charge is 0.334 e. The second kappa shape index (κ2) is 8.82. The first-order valence-corrected chi connectivity index (χ1v) is 8.83. The molecule has 1 fully saturated rings. The summed E-state index contributed by atoms with van der Waals surface area (Å²) in [6.07, 6.45) is 8.91. The van der Waals surface area contributed by atoms with E-state index in [4.69, 9.17) is 0 Å². The van der Waals surface area contributed by atoms with Crippen LogP contribution in [0.15, 0.2) is 24.3 Å². The van der Waals surface area contributed by atoms with Crippen LogP contribution < -0.4 is 10.6 Å². The monoisotopic (exact) mass is 317 g/mol. The van der Waals surface area contributed by atoms with E-state index in [-0.39, 0.29) is 17.7 Å². The van der Waals surface area contributed by atoms with Gasteiger partial charge in [-0.2, -0.15) is 0 Å². The molecular formula is C19H29N2O2+. The number of hydrogen-bond acceptors (Lipinski definition) is 2. The maximum absolute atomic E-state index is 12.5. The number of carbonyl (C=O) groups is 2. The van der Waals surface area contributed by atoms with Crippen LogP contribution >= 0.6 is 0 Å². The summed E-state index contributed by atoms with van der Waals surface area (Å²) in [5, 5.41) is 5.12. The second-order valence-corrected chi connectivity index (χ2v) is 6.68. The van der Waals surface area contributed by atoms with Crippen LogP contribution in [-0.4, -0.2) is 23.8 Å². The van der Waals surface area contributed by atoms with Gasteiger partial charge in [0.05, 0.1) is 11.7 Å². The molecule has 0 heterocycles. The summed E-state index contributed by atoms with van der Waals surface area (Å²) in [5.41, 5.74) is 1.18. The van der Waals surface area contributed by atoms with Crippen molar-refractivity contribution in [3.8, 4) is 0 Å². The van der Waals surface area contributed by atoms with Crippen molar-refractivity contribution in [2.24, 2.45) is 0 Å². The number of para-hydroxylation sites is 1. The van der Waals surface area contributed by atoms with E-state index >= 15 is 0 Å². The third-order valence-corrected chi connectivity index (χ3v) is 4.69. The van der Waals surface area contributed by atoms with Gasteiger partial charge in [0.25, 0.3) is 5.91 Å². The number of quaternary nitrogens is 1. The molecule has 1 atom stereocenters. The molecule has 2 rings (SSSR count). The molecule has 0 unspecified atom stereocenters. The van der Waals surface area contributed by atoms with E-state index in [0.717, 1.165) is 0 Å². The summed E-state index contributed by atoms with van der Waals surface area (Å²) in [6.45, 7) is 3.47. The van der Waals surface area contributed by atoms with Crippen molar-refractivity contribution < 1.29 is 14.9 Å². The molecule has 23 heavy (non-hydrogen) atoms. The van der Waals surface area contributed by atoms with Gasteiger partial charge >= 0.3 is 0 Å². The Bertz CT molecular complexity index is 534. The molecule has 1 saturated carbocycles. The zero-order valence-electron chi connectivity index (χ0n) is 14.3. The van der Waals surface area contributed by atoms with E-state index in [9.17, 15) is 9.59 Å². The van der Waals surface area contributed by atoms with E-state index < -0.39 is 0 Å². The molecule has 0 spiro atoms. The Morgan fingerprint density at radius 1 is 1.09 bits per heavy atom. The van der Waals surface area contributed by atoms with Gasteiger partial charge in [-0.15, -0.1) is 0 Å². The van der Waals surface area contributed by atoms with Crippen LogP contribution in [0, 0.1) is 0 Å². The topological polar surface area (TPSA) is 62.8 Å². The number of ketones is 1. The van der Waals surface area contributed by atoms with Gasteiger partial charge < -0.3 is 10.6 Å². The molecule has 1 aliphatic rings. The van der Waals surface area contributed by atoms with Gasteiger partial charge in [-0.1, -0.05) is 31.4 Å². The number of anilines is 1. The minimum atomic E-state index is -0.139. The Labute approximate surface area is 139 Å². The van der Waals surface area contributed by atoms with Crippen molar-refractivity contribution in [2.75, 3.05) is 5.32 Å². The molecule has 4 nitrogen and oxygen atoms in total. The maximum Gasteiger partial charge on any atom is 0.282 e. The third kappa shape index (κ3) is 5.47. The molecule has 0 aromatic heterocycles. The van der Waals surface area contributed by atoms with E-state index in [2.05, 4.69) is 10.6 Å². The highest BCUT2D eigenvalue weighted by molar-refractivity contribution is 6.04. The second-order valence-electron chi connectivity index (χ2n) is 6.68. The number of amides is 1. The number of nitrogens with one attached hydrogen (secondary N) is 1. The molecule has 1 amide bonds. The van der Waals surface area contributed by atoms with Crippen LogP contribution in [0.1, 0.15) is 69.2 Å². The molecule has 0 aliphatic heterocycles. The lowest BCUT2D eigenvalue weighted by atomic mass is 9.96. The van der Waals surface area contributed by atoms with Crippen molar-refractivity contribution in [1.82, 2.24) is 0 Å². The minimum absolute atomic E-state index is 0.0271. The quantitative estimate of drug-likeness (QED) is 0.820. The number of rotatable bonds is 5. The molecule has 126 valence electrons. The van der Waals surface area contributed by atoms with E-state index in [1.807, 2.05) is 19.1 Å². The Morgan fingerprint density at radius 3 is 2.35 bits per heavy atom. The zero-order chi connectivity index (χ0) is 16.7. The Hall–Kier alpha value is -1.68. The van der Waals surface area contributed by atoms with Gasteiger partial charge in [-0.3, -0.25) is 9.59 Å².